The van der Waals surface area contributed by atoms with Crippen LogP contribution >= 0.6 is 15.9 Å². The fourth-order valence-electron chi connectivity index (χ4n) is 1.64. The second-order valence-electron chi connectivity index (χ2n) is 5.09. The van der Waals surface area contributed by atoms with Crippen LogP contribution in [-0.4, -0.2) is 47.5 Å². The second kappa shape index (κ2) is 7.26. The zero-order chi connectivity index (χ0) is 16.2. The summed E-state index contributed by atoms with van der Waals surface area (Å²) in [6.07, 6.45) is -2.43. The minimum absolute atomic E-state index is 0.0541. The number of hydrogen-bond donors (Lipinski definition) is 1. The van der Waals surface area contributed by atoms with Gasteiger partial charge in [0.05, 0.1) is 11.9 Å². The molecule has 1 heterocycles. The van der Waals surface area contributed by atoms with Gasteiger partial charge in [0.15, 0.2) is 0 Å². The van der Waals surface area contributed by atoms with Crippen LogP contribution in [0.3, 0.4) is 0 Å². The van der Waals surface area contributed by atoms with Crippen LogP contribution in [0.25, 0.3) is 0 Å². The Balaban J connectivity index is 2.82. The lowest BCUT2D eigenvalue weighted by Gasteiger charge is -2.18. The maximum Gasteiger partial charge on any atom is 0.408 e. The molecule has 0 aliphatic carbocycles. The normalized spacial score (nSPS) is 13.5. The summed E-state index contributed by atoms with van der Waals surface area (Å²) in [6, 6.07) is 0.0587. The fraction of sp³-hybridized carbons (Fsp3) is 0.667. The van der Waals surface area contributed by atoms with Crippen molar-refractivity contribution in [2.45, 2.75) is 32.1 Å². The highest BCUT2D eigenvalue weighted by Gasteiger charge is 2.29. The molecule has 1 atom stereocenters. The molecule has 5 nitrogen and oxygen atoms in total. The van der Waals surface area contributed by atoms with Gasteiger partial charge in [0.2, 0.25) is 0 Å². The maximum atomic E-state index is 12.3. The molecule has 0 spiro atoms. The van der Waals surface area contributed by atoms with Crippen molar-refractivity contribution in [1.82, 2.24) is 14.7 Å². The number of aromatic nitrogens is 2. The van der Waals surface area contributed by atoms with Crippen molar-refractivity contribution in [1.29, 1.82) is 0 Å². The quantitative estimate of drug-likeness (QED) is 0.834. The van der Waals surface area contributed by atoms with Crippen LogP contribution in [0, 0.1) is 0 Å². The third-order valence-corrected chi connectivity index (χ3v) is 3.49. The topological polar surface area (TPSA) is 50.2 Å². The molecule has 0 amide bonds. The minimum Gasteiger partial charge on any atom is -0.380 e. The van der Waals surface area contributed by atoms with Gasteiger partial charge in [0.1, 0.15) is 11.0 Å². The van der Waals surface area contributed by atoms with Crippen molar-refractivity contribution < 1.29 is 13.2 Å². The lowest BCUT2D eigenvalue weighted by atomic mass is 10.2. The van der Waals surface area contributed by atoms with Gasteiger partial charge in [0.25, 0.3) is 5.56 Å². The lowest BCUT2D eigenvalue weighted by molar-refractivity contribution is -0.143. The molecule has 0 aromatic carbocycles. The van der Waals surface area contributed by atoms with Gasteiger partial charge in [-0.05, 0) is 49.9 Å². The van der Waals surface area contributed by atoms with Gasteiger partial charge in [-0.25, -0.2) is 4.68 Å². The van der Waals surface area contributed by atoms with E-state index in [1.54, 1.807) is 0 Å². The first-order chi connectivity index (χ1) is 9.60. The summed E-state index contributed by atoms with van der Waals surface area (Å²) in [6.45, 7) is 1.38. The Morgan fingerprint density at radius 3 is 2.62 bits per heavy atom. The molecule has 9 heteroatoms. The van der Waals surface area contributed by atoms with E-state index in [4.69, 9.17) is 0 Å². The van der Waals surface area contributed by atoms with E-state index in [2.05, 4.69) is 26.3 Å². The van der Waals surface area contributed by atoms with E-state index in [9.17, 15) is 18.0 Å². The highest BCUT2D eigenvalue weighted by Crippen LogP contribution is 2.20. The molecule has 0 saturated carbocycles. The Morgan fingerprint density at radius 2 is 2.10 bits per heavy atom. The largest absolute Gasteiger partial charge is 0.408 e. The summed E-state index contributed by atoms with van der Waals surface area (Å²) in [5, 5.41) is 6.62. The van der Waals surface area contributed by atoms with Gasteiger partial charge < -0.3 is 10.2 Å². The summed E-state index contributed by atoms with van der Waals surface area (Å²) >= 11 is 3.03. The van der Waals surface area contributed by atoms with Crippen LogP contribution in [0.5, 0.6) is 0 Å². The first-order valence-electron chi connectivity index (χ1n) is 6.34. The van der Waals surface area contributed by atoms with Crippen LogP contribution in [0.15, 0.2) is 15.5 Å². The van der Waals surface area contributed by atoms with Crippen molar-refractivity contribution in [3.63, 3.8) is 0 Å². The number of alkyl halides is 3. The van der Waals surface area contributed by atoms with Gasteiger partial charge in [-0.3, -0.25) is 4.79 Å². The Morgan fingerprint density at radius 1 is 1.48 bits per heavy atom. The Labute approximate surface area is 129 Å². The Bertz CT molecular complexity index is 530. The SMILES string of the molecule is CC(CCN(C)C)Nc1cnn(CC(F)(F)F)c(=O)c1Br. The first kappa shape index (κ1) is 18.0. The van der Waals surface area contributed by atoms with E-state index in [1.165, 1.54) is 6.20 Å². The van der Waals surface area contributed by atoms with Gasteiger partial charge >= 0.3 is 6.18 Å². The molecule has 0 fully saturated rings. The third-order valence-electron chi connectivity index (χ3n) is 2.73. The predicted octanol–water partition coefficient (Wildman–Crippen LogP) is 2.32. The van der Waals surface area contributed by atoms with E-state index in [1.807, 2.05) is 25.9 Å². The number of anilines is 1. The molecular weight excluding hydrogens is 353 g/mol. The summed E-state index contributed by atoms with van der Waals surface area (Å²) < 4.78 is 37.4. The number of rotatable bonds is 6. The molecule has 0 aliphatic heterocycles. The maximum absolute atomic E-state index is 12.3. The average Bonchev–Trinajstić information content (AvgIpc) is 2.34. The molecule has 1 N–H and O–H groups in total. The molecule has 21 heavy (non-hydrogen) atoms. The number of nitrogens with zero attached hydrogens (tertiary/aromatic N) is 3. The number of halogens is 4. The van der Waals surface area contributed by atoms with E-state index in [-0.39, 0.29) is 10.5 Å². The summed E-state index contributed by atoms with van der Waals surface area (Å²) in [4.78, 5) is 13.8. The summed E-state index contributed by atoms with van der Waals surface area (Å²) in [5.41, 5.74) is -0.415. The average molecular weight is 371 g/mol. The zero-order valence-electron chi connectivity index (χ0n) is 12.0. The molecule has 0 aliphatic rings. The Kier molecular flexibility index (Phi) is 6.21. The van der Waals surface area contributed by atoms with Crippen molar-refractivity contribution in [2.24, 2.45) is 0 Å². The zero-order valence-corrected chi connectivity index (χ0v) is 13.6. The highest BCUT2D eigenvalue weighted by atomic mass is 79.9. The van der Waals surface area contributed by atoms with Crippen molar-refractivity contribution in [2.75, 3.05) is 26.0 Å². The lowest BCUT2D eigenvalue weighted by Crippen LogP contribution is -2.32. The third kappa shape index (κ3) is 6.04. The van der Waals surface area contributed by atoms with Crippen molar-refractivity contribution in [3.8, 4) is 0 Å². The summed E-state index contributed by atoms with van der Waals surface area (Å²) in [7, 11) is 3.89. The van der Waals surface area contributed by atoms with E-state index in [0.717, 1.165) is 13.0 Å². The first-order valence-corrected chi connectivity index (χ1v) is 7.13. The molecule has 0 bridgehead atoms. The standard InChI is InChI=1S/C12H18BrF3N4O/c1-8(4-5-19(2)3)18-9-6-17-20(7-12(14,15)16)11(21)10(9)13/h6,8,18H,4-5,7H2,1-3H3. The second-order valence-corrected chi connectivity index (χ2v) is 5.88. The highest BCUT2D eigenvalue weighted by molar-refractivity contribution is 9.10. The van der Waals surface area contributed by atoms with Gasteiger partial charge in [-0.1, -0.05) is 0 Å². The van der Waals surface area contributed by atoms with E-state index in [0.29, 0.717) is 10.4 Å². The van der Waals surface area contributed by atoms with E-state index < -0.39 is 18.3 Å². The molecule has 0 radical (unpaired) electrons. The summed E-state index contributed by atoms with van der Waals surface area (Å²) in [5.74, 6) is 0. The minimum atomic E-state index is -4.48. The number of nitrogens with one attached hydrogen (secondary N) is 1. The van der Waals surface area contributed by atoms with Gasteiger partial charge in [-0.2, -0.15) is 18.3 Å². The fourth-order valence-corrected chi connectivity index (χ4v) is 2.06. The molecule has 1 unspecified atom stereocenters. The molecule has 0 saturated heterocycles. The van der Waals surface area contributed by atoms with Crippen molar-refractivity contribution in [3.05, 3.63) is 21.0 Å². The van der Waals surface area contributed by atoms with E-state index >= 15 is 0 Å². The monoisotopic (exact) mass is 370 g/mol. The molecular formula is C12H18BrF3N4O. The van der Waals surface area contributed by atoms with Crippen LogP contribution < -0.4 is 10.9 Å². The van der Waals surface area contributed by atoms with Crippen molar-refractivity contribution >= 4 is 21.6 Å². The van der Waals surface area contributed by atoms with Gasteiger partial charge in [0, 0.05) is 6.04 Å². The van der Waals surface area contributed by atoms with Crippen LogP contribution in [0.2, 0.25) is 0 Å². The molecule has 1 aromatic rings. The van der Waals surface area contributed by atoms with Gasteiger partial charge in [-0.15, -0.1) is 0 Å². The molecule has 1 rings (SSSR count). The van der Waals surface area contributed by atoms with Crippen LogP contribution in [-0.2, 0) is 6.54 Å². The van der Waals surface area contributed by atoms with Crippen LogP contribution in [0.4, 0.5) is 18.9 Å². The number of hydrogen-bond acceptors (Lipinski definition) is 4. The smallest absolute Gasteiger partial charge is 0.380 e. The van der Waals surface area contributed by atoms with Crippen LogP contribution in [0.1, 0.15) is 13.3 Å². The Hall–Kier alpha value is -1.09. The molecule has 120 valence electrons. The predicted molar refractivity (Wildman–Crippen MR) is 78.5 cm³/mol. The molecule has 1 aromatic heterocycles.